The first-order chi connectivity index (χ1) is 19.4. The fourth-order valence-electron chi connectivity index (χ4n) is 5.04. The summed E-state index contributed by atoms with van der Waals surface area (Å²) in [7, 11) is 1.58. The maximum Gasteiger partial charge on any atom is 0.373 e. The first-order valence-corrected chi connectivity index (χ1v) is 13.4. The lowest BCUT2D eigenvalue weighted by molar-refractivity contribution is -0.191. The van der Waals surface area contributed by atoms with E-state index in [1.165, 1.54) is 21.8 Å². The largest absolute Gasteiger partial charge is 0.373 e. The molecule has 216 valence electrons. The minimum atomic E-state index is -0.525. The minimum absolute atomic E-state index is 0.127. The number of benzene rings is 2. The van der Waals surface area contributed by atoms with Crippen molar-refractivity contribution in [2.75, 3.05) is 31.1 Å². The summed E-state index contributed by atoms with van der Waals surface area (Å²) in [6, 6.07) is 13.9. The quantitative estimate of drug-likeness (QED) is 0.398. The number of rotatable bonds is 5. The first-order valence-electron chi connectivity index (χ1n) is 13.4. The molecule has 0 unspecified atom stereocenters. The van der Waals surface area contributed by atoms with Crippen molar-refractivity contribution in [2.45, 2.75) is 46.2 Å². The number of halogens is 1. The highest BCUT2D eigenvalue weighted by Crippen LogP contribution is 2.25. The standard InChI is InChI=1S/C29H35FN6O2.CO2/c1-19-6-9-21(23(30)16-19)18-36-24-25(33(5)28(38)32-26(24)37)31-27(36)35-14-12-34(13-15-35)17-20-7-10-22(11-8-20)29(2,3)4;2-1-3/h6-11,16H,12-15,17-18H2,1-5H3,(H,32,37,38);. The summed E-state index contributed by atoms with van der Waals surface area (Å²) in [5.41, 5.74) is 3.52. The number of aromatic amines is 1. The van der Waals surface area contributed by atoms with E-state index >= 15 is 0 Å². The third-order valence-electron chi connectivity index (χ3n) is 7.41. The zero-order chi connectivity index (χ0) is 29.9. The van der Waals surface area contributed by atoms with Crippen molar-refractivity contribution in [3.8, 4) is 0 Å². The Morgan fingerprint density at radius 3 is 2.20 bits per heavy atom. The molecule has 0 atom stereocenters. The van der Waals surface area contributed by atoms with E-state index in [1.807, 2.05) is 13.0 Å². The van der Waals surface area contributed by atoms with E-state index in [9.17, 15) is 14.0 Å². The zero-order valence-corrected chi connectivity index (χ0v) is 24.0. The Hall–Kier alpha value is -4.34. The highest BCUT2D eigenvalue weighted by molar-refractivity contribution is 5.74. The molecule has 1 N–H and O–H groups in total. The number of anilines is 1. The second-order valence-corrected chi connectivity index (χ2v) is 11.4. The Morgan fingerprint density at radius 1 is 0.976 bits per heavy atom. The molecule has 41 heavy (non-hydrogen) atoms. The van der Waals surface area contributed by atoms with Crippen LogP contribution in [0.25, 0.3) is 11.2 Å². The van der Waals surface area contributed by atoms with Gasteiger partial charge in [0.15, 0.2) is 11.2 Å². The van der Waals surface area contributed by atoms with Gasteiger partial charge in [-0.2, -0.15) is 14.6 Å². The van der Waals surface area contributed by atoms with Gasteiger partial charge in [-0.15, -0.1) is 0 Å². The van der Waals surface area contributed by atoms with Crippen molar-refractivity contribution in [3.63, 3.8) is 0 Å². The fourth-order valence-corrected chi connectivity index (χ4v) is 5.04. The van der Waals surface area contributed by atoms with Gasteiger partial charge in [0.25, 0.3) is 5.56 Å². The van der Waals surface area contributed by atoms with Crippen LogP contribution in [-0.2, 0) is 35.1 Å². The van der Waals surface area contributed by atoms with Gasteiger partial charge in [-0.25, -0.2) is 9.18 Å². The van der Waals surface area contributed by atoms with E-state index in [4.69, 9.17) is 14.6 Å². The van der Waals surface area contributed by atoms with Crippen LogP contribution in [0.3, 0.4) is 0 Å². The number of hydrogen-bond acceptors (Lipinski definition) is 7. The van der Waals surface area contributed by atoms with Crippen LogP contribution in [0.15, 0.2) is 52.1 Å². The van der Waals surface area contributed by atoms with Gasteiger partial charge in [-0.1, -0.05) is 57.2 Å². The lowest BCUT2D eigenvalue weighted by atomic mass is 9.87. The molecule has 0 bridgehead atoms. The second kappa shape index (κ2) is 12.0. The molecule has 1 aliphatic rings. The van der Waals surface area contributed by atoms with E-state index < -0.39 is 11.2 Å². The molecule has 0 radical (unpaired) electrons. The number of nitrogens with one attached hydrogen (secondary N) is 1. The summed E-state index contributed by atoms with van der Waals surface area (Å²) in [6.07, 6.45) is 0.250. The Morgan fingerprint density at radius 2 is 1.61 bits per heavy atom. The third kappa shape index (κ3) is 6.53. The summed E-state index contributed by atoms with van der Waals surface area (Å²) < 4.78 is 17.9. The average Bonchev–Trinajstić information content (AvgIpc) is 3.29. The lowest BCUT2D eigenvalue weighted by Gasteiger charge is -2.35. The topological polar surface area (TPSA) is 113 Å². The molecule has 2 aromatic carbocycles. The lowest BCUT2D eigenvalue weighted by Crippen LogP contribution is -2.47. The van der Waals surface area contributed by atoms with E-state index in [0.717, 1.165) is 25.2 Å². The number of hydrogen-bond donors (Lipinski definition) is 1. The summed E-state index contributed by atoms with van der Waals surface area (Å²) in [6.45, 7) is 12.5. The molecular formula is C30H35FN6O4. The molecule has 3 heterocycles. The molecule has 1 fully saturated rings. The molecule has 11 heteroatoms. The average molecular weight is 563 g/mol. The Kier molecular flexibility index (Phi) is 8.70. The molecule has 1 aliphatic heterocycles. The fraction of sp³-hybridized carbons (Fsp3) is 0.400. The van der Waals surface area contributed by atoms with Gasteiger partial charge in [-0.05, 0) is 35.1 Å². The smallest absolute Gasteiger partial charge is 0.340 e. The number of imidazole rings is 1. The number of carbonyl (C=O) groups excluding carboxylic acids is 2. The number of aromatic nitrogens is 4. The van der Waals surface area contributed by atoms with Gasteiger partial charge in [0, 0.05) is 45.3 Å². The first kappa shape index (κ1) is 29.6. The Labute approximate surface area is 237 Å². The van der Waals surface area contributed by atoms with Crippen LogP contribution < -0.4 is 16.1 Å². The van der Waals surface area contributed by atoms with E-state index in [0.29, 0.717) is 30.2 Å². The van der Waals surface area contributed by atoms with Crippen molar-refractivity contribution < 1.29 is 14.0 Å². The van der Waals surface area contributed by atoms with Crippen molar-refractivity contribution in [1.29, 1.82) is 0 Å². The Bertz CT molecular complexity index is 1680. The van der Waals surface area contributed by atoms with E-state index in [2.05, 4.69) is 59.8 Å². The van der Waals surface area contributed by atoms with Crippen molar-refractivity contribution in [3.05, 3.63) is 91.4 Å². The molecule has 5 rings (SSSR count). The molecule has 0 amide bonds. The summed E-state index contributed by atoms with van der Waals surface area (Å²) in [5, 5.41) is 0. The van der Waals surface area contributed by atoms with Gasteiger partial charge >= 0.3 is 11.8 Å². The van der Waals surface area contributed by atoms with Crippen LogP contribution in [0.5, 0.6) is 0 Å². The Balaban J connectivity index is 0.00000124. The van der Waals surface area contributed by atoms with Gasteiger partial charge in [-0.3, -0.25) is 23.8 Å². The highest BCUT2D eigenvalue weighted by Gasteiger charge is 2.26. The molecule has 0 spiro atoms. The van der Waals surface area contributed by atoms with Crippen LogP contribution in [0.2, 0.25) is 0 Å². The van der Waals surface area contributed by atoms with Crippen LogP contribution in [0.4, 0.5) is 10.3 Å². The number of fused-ring (bicyclic) bond motifs is 1. The molecule has 1 saturated heterocycles. The van der Waals surface area contributed by atoms with Gasteiger partial charge in [0.1, 0.15) is 5.82 Å². The monoisotopic (exact) mass is 562 g/mol. The number of H-pyrrole nitrogens is 1. The minimum Gasteiger partial charge on any atom is -0.340 e. The second-order valence-electron chi connectivity index (χ2n) is 11.4. The van der Waals surface area contributed by atoms with Gasteiger partial charge in [0.2, 0.25) is 5.95 Å². The molecule has 10 nitrogen and oxygen atoms in total. The predicted molar refractivity (Wildman–Crippen MR) is 153 cm³/mol. The number of nitrogens with zero attached hydrogens (tertiary/aromatic N) is 5. The molecule has 2 aromatic heterocycles. The summed E-state index contributed by atoms with van der Waals surface area (Å²) in [4.78, 5) is 53.0. The molecule has 4 aromatic rings. The van der Waals surface area contributed by atoms with E-state index in [-0.39, 0.29) is 29.4 Å². The predicted octanol–water partition coefficient (Wildman–Crippen LogP) is 2.96. The van der Waals surface area contributed by atoms with Crippen molar-refractivity contribution in [2.24, 2.45) is 7.05 Å². The SMILES string of the molecule is Cc1ccc(Cn2c(N3CCN(Cc4ccc(C(C)(C)C)cc4)CC3)nc3c2c(=O)[nH]c(=O)n3C)c(F)c1.O=C=O. The van der Waals surface area contributed by atoms with Crippen molar-refractivity contribution >= 4 is 23.3 Å². The summed E-state index contributed by atoms with van der Waals surface area (Å²) in [5.74, 6) is 0.238. The summed E-state index contributed by atoms with van der Waals surface area (Å²) >= 11 is 0. The number of aryl methyl sites for hydroxylation is 2. The van der Waals surface area contributed by atoms with Gasteiger partial charge in [0.05, 0.1) is 6.54 Å². The van der Waals surface area contributed by atoms with Crippen LogP contribution >= 0.6 is 0 Å². The van der Waals surface area contributed by atoms with Gasteiger partial charge < -0.3 is 4.90 Å². The van der Waals surface area contributed by atoms with E-state index in [1.54, 1.807) is 17.7 Å². The maximum atomic E-state index is 14.8. The van der Waals surface area contributed by atoms with Crippen LogP contribution in [0.1, 0.15) is 43.0 Å². The third-order valence-corrected chi connectivity index (χ3v) is 7.41. The van der Waals surface area contributed by atoms with Crippen LogP contribution in [0, 0.1) is 12.7 Å². The van der Waals surface area contributed by atoms with Crippen LogP contribution in [-0.4, -0.2) is 56.3 Å². The molecule has 0 aliphatic carbocycles. The highest BCUT2D eigenvalue weighted by atomic mass is 19.1. The molecular weight excluding hydrogens is 527 g/mol. The van der Waals surface area contributed by atoms with Crippen molar-refractivity contribution in [1.82, 2.24) is 24.0 Å². The maximum absolute atomic E-state index is 14.8. The normalized spacial score (nSPS) is 14.0. The zero-order valence-electron chi connectivity index (χ0n) is 24.0. The number of piperazine rings is 1. The molecule has 0 saturated carbocycles.